The van der Waals surface area contributed by atoms with Gasteiger partial charge in [-0.3, -0.25) is 4.79 Å². The van der Waals surface area contributed by atoms with Gasteiger partial charge in [0, 0.05) is 37.2 Å². The van der Waals surface area contributed by atoms with Gasteiger partial charge in [-0.2, -0.15) is 5.10 Å². The SMILES string of the molecule is COc1cccc(C(=O)NN=C2CCN(C)CC2)c1. The van der Waals surface area contributed by atoms with Crippen molar-refractivity contribution in [2.75, 3.05) is 27.2 Å². The lowest BCUT2D eigenvalue weighted by Crippen LogP contribution is -2.32. The van der Waals surface area contributed by atoms with Crippen LogP contribution in [0.1, 0.15) is 23.2 Å². The molecule has 2 rings (SSSR count). The molecule has 0 saturated carbocycles. The Kier molecular flexibility index (Phi) is 4.52. The zero-order valence-electron chi connectivity index (χ0n) is 11.3. The van der Waals surface area contributed by atoms with Gasteiger partial charge in [0.1, 0.15) is 5.75 Å². The number of benzene rings is 1. The Hall–Kier alpha value is -1.88. The number of carbonyl (C=O) groups is 1. The monoisotopic (exact) mass is 261 g/mol. The van der Waals surface area contributed by atoms with Gasteiger partial charge in [-0.05, 0) is 25.2 Å². The highest BCUT2D eigenvalue weighted by Crippen LogP contribution is 2.12. The van der Waals surface area contributed by atoms with Crippen LogP contribution in [0.3, 0.4) is 0 Å². The fourth-order valence-electron chi connectivity index (χ4n) is 1.95. The number of nitrogens with one attached hydrogen (secondary N) is 1. The predicted molar refractivity (Wildman–Crippen MR) is 74.6 cm³/mol. The highest BCUT2D eigenvalue weighted by Gasteiger charge is 2.12. The van der Waals surface area contributed by atoms with Crippen LogP contribution < -0.4 is 10.2 Å². The second-order valence-corrected chi connectivity index (χ2v) is 4.65. The summed E-state index contributed by atoms with van der Waals surface area (Å²) in [6, 6.07) is 7.03. The Morgan fingerprint density at radius 3 is 2.79 bits per heavy atom. The smallest absolute Gasteiger partial charge is 0.271 e. The summed E-state index contributed by atoms with van der Waals surface area (Å²) in [6.45, 7) is 1.99. The maximum Gasteiger partial charge on any atom is 0.271 e. The van der Waals surface area contributed by atoms with Gasteiger partial charge in [-0.25, -0.2) is 5.43 Å². The van der Waals surface area contributed by atoms with Crippen LogP contribution >= 0.6 is 0 Å². The number of nitrogens with zero attached hydrogens (tertiary/aromatic N) is 2. The molecule has 1 fully saturated rings. The van der Waals surface area contributed by atoms with Crippen molar-refractivity contribution in [2.45, 2.75) is 12.8 Å². The van der Waals surface area contributed by atoms with Gasteiger partial charge in [0.25, 0.3) is 5.91 Å². The normalized spacial score (nSPS) is 16.0. The Morgan fingerprint density at radius 2 is 2.11 bits per heavy atom. The van der Waals surface area contributed by atoms with E-state index in [-0.39, 0.29) is 5.91 Å². The molecule has 0 atom stereocenters. The van der Waals surface area contributed by atoms with Crippen LogP contribution in [0.2, 0.25) is 0 Å². The molecule has 1 aromatic carbocycles. The van der Waals surface area contributed by atoms with Crippen LogP contribution in [0, 0.1) is 0 Å². The van der Waals surface area contributed by atoms with Crippen LogP contribution in [-0.2, 0) is 0 Å². The van der Waals surface area contributed by atoms with E-state index in [0.29, 0.717) is 11.3 Å². The van der Waals surface area contributed by atoms with Crippen LogP contribution in [0.25, 0.3) is 0 Å². The van der Waals surface area contributed by atoms with Crippen molar-refractivity contribution < 1.29 is 9.53 Å². The van der Waals surface area contributed by atoms with E-state index in [1.165, 1.54) is 0 Å². The average molecular weight is 261 g/mol. The summed E-state index contributed by atoms with van der Waals surface area (Å²) in [5.41, 5.74) is 4.21. The van der Waals surface area contributed by atoms with Crippen molar-refractivity contribution in [2.24, 2.45) is 5.10 Å². The molecule has 1 aromatic rings. The zero-order chi connectivity index (χ0) is 13.7. The molecule has 0 spiro atoms. The molecule has 5 nitrogen and oxygen atoms in total. The second kappa shape index (κ2) is 6.33. The lowest BCUT2D eigenvalue weighted by Gasteiger charge is -2.22. The maximum atomic E-state index is 11.9. The number of hydrogen-bond donors (Lipinski definition) is 1. The summed E-state index contributed by atoms with van der Waals surface area (Å²) in [6.07, 6.45) is 1.82. The summed E-state index contributed by atoms with van der Waals surface area (Å²) >= 11 is 0. The minimum Gasteiger partial charge on any atom is -0.497 e. The standard InChI is InChI=1S/C14H19N3O2/c1-17-8-6-12(7-9-17)15-16-14(18)11-4-3-5-13(10-11)19-2/h3-5,10H,6-9H2,1-2H3,(H,16,18). The van der Waals surface area contributed by atoms with Crippen molar-refractivity contribution in [1.29, 1.82) is 0 Å². The van der Waals surface area contributed by atoms with E-state index in [4.69, 9.17) is 4.74 Å². The third kappa shape index (κ3) is 3.79. The highest BCUT2D eigenvalue weighted by molar-refractivity contribution is 5.95. The molecule has 0 unspecified atom stereocenters. The second-order valence-electron chi connectivity index (χ2n) is 4.65. The average Bonchev–Trinajstić information content (AvgIpc) is 2.46. The number of hydrazone groups is 1. The number of ether oxygens (including phenoxy) is 1. The van der Waals surface area contributed by atoms with Gasteiger partial charge < -0.3 is 9.64 Å². The molecule has 1 heterocycles. The topological polar surface area (TPSA) is 53.9 Å². The van der Waals surface area contributed by atoms with Gasteiger partial charge in [0.05, 0.1) is 7.11 Å². The van der Waals surface area contributed by atoms with E-state index in [2.05, 4.69) is 22.5 Å². The van der Waals surface area contributed by atoms with E-state index in [0.717, 1.165) is 31.6 Å². The van der Waals surface area contributed by atoms with Crippen LogP contribution in [0.4, 0.5) is 0 Å². The summed E-state index contributed by atoms with van der Waals surface area (Å²) < 4.78 is 5.09. The first-order valence-electron chi connectivity index (χ1n) is 6.37. The maximum absolute atomic E-state index is 11.9. The van der Waals surface area contributed by atoms with Crippen LogP contribution in [0.5, 0.6) is 5.75 Å². The predicted octanol–water partition coefficient (Wildman–Crippen LogP) is 1.51. The molecule has 1 N–H and O–H groups in total. The molecule has 5 heteroatoms. The number of carbonyl (C=O) groups excluding carboxylic acids is 1. The number of piperidine rings is 1. The summed E-state index contributed by atoms with van der Waals surface area (Å²) in [4.78, 5) is 14.2. The van der Waals surface area contributed by atoms with E-state index in [1.54, 1.807) is 31.4 Å². The van der Waals surface area contributed by atoms with Gasteiger partial charge in [0.2, 0.25) is 0 Å². The van der Waals surface area contributed by atoms with Crippen molar-refractivity contribution in [1.82, 2.24) is 10.3 Å². The number of likely N-dealkylation sites (tertiary alicyclic amines) is 1. The Bertz CT molecular complexity index is 475. The third-order valence-corrected chi connectivity index (χ3v) is 3.21. The lowest BCUT2D eigenvalue weighted by atomic mass is 10.1. The van der Waals surface area contributed by atoms with Gasteiger partial charge >= 0.3 is 0 Å². The summed E-state index contributed by atoms with van der Waals surface area (Å²) in [5.74, 6) is 0.463. The number of amides is 1. The minimum absolute atomic E-state index is 0.203. The summed E-state index contributed by atoms with van der Waals surface area (Å²) in [7, 11) is 3.67. The van der Waals surface area contributed by atoms with E-state index in [1.807, 2.05) is 0 Å². The molecule has 0 aliphatic carbocycles. The van der Waals surface area contributed by atoms with Gasteiger partial charge in [-0.15, -0.1) is 0 Å². The molecule has 1 aliphatic heterocycles. The molecular formula is C14H19N3O2. The van der Waals surface area contributed by atoms with Crippen LogP contribution in [-0.4, -0.2) is 43.8 Å². The summed E-state index contributed by atoms with van der Waals surface area (Å²) in [5, 5.41) is 4.20. The third-order valence-electron chi connectivity index (χ3n) is 3.21. The molecular weight excluding hydrogens is 242 g/mol. The zero-order valence-corrected chi connectivity index (χ0v) is 11.3. The molecule has 1 amide bonds. The van der Waals surface area contributed by atoms with Crippen LogP contribution in [0.15, 0.2) is 29.4 Å². The van der Waals surface area contributed by atoms with Gasteiger partial charge in [0.15, 0.2) is 0 Å². The van der Waals surface area contributed by atoms with Gasteiger partial charge in [-0.1, -0.05) is 6.07 Å². The Balaban J connectivity index is 1.95. The minimum atomic E-state index is -0.203. The fraction of sp³-hybridized carbons (Fsp3) is 0.429. The molecule has 1 saturated heterocycles. The van der Waals surface area contributed by atoms with Crippen molar-refractivity contribution in [3.05, 3.63) is 29.8 Å². The number of rotatable bonds is 3. The molecule has 0 aromatic heterocycles. The Morgan fingerprint density at radius 1 is 1.37 bits per heavy atom. The highest BCUT2D eigenvalue weighted by atomic mass is 16.5. The van der Waals surface area contributed by atoms with Crippen molar-refractivity contribution in [3.8, 4) is 5.75 Å². The fourth-order valence-corrected chi connectivity index (χ4v) is 1.95. The first kappa shape index (κ1) is 13.5. The quantitative estimate of drug-likeness (QED) is 0.839. The molecule has 19 heavy (non-hydrogen) atoms. The first-order chi connectivity index (χ1) is 9.19. The number of methoxy groups -OCH3 is 1. The van der Waals surface area contributed by atoms with E-state index >= 15 is 0 Å². The molecule has 102 valence electrons. The Labute approximate surface area is 113 Å². The number of hydrogen-bond acceptors (Lipinski definition) is 4. The largest absolute Gasteiger partial charge is 0.497 e. The van der Waals surface area contributed by atoms with Crippen molar-refractivity contribution in [3.63, 3.8) is 0 Å². The lowest BCUT2D eigenvalue weighted by molar-refractivity contribution is 0.0954. The van der Waals surface area contributed by atoms with E-state index < -0.39 is 0 Å². The van der Waals surface area contributed by atoms with Crippen molar-refractivity contribution >= 4 is 11.6 Å². The first-order valence-corrected chi connectivity index (χ1v) is 6.37. The molecule has 1 aliphatic rings. The van der Waals surface area contributed by atoms with E-state index in [9.17, 15) is 4.79 Å². The molecule has 0 radical (unpaired) electrons. The molecule has 0 bridgehead atoms.